The number of hydrogen-bond acceptors (Lipinski definition) is 4. The van der Waals surface area contributed by atoms with Gasteiger partial charge < -0.3 is 9.84 Å². The molecule has 2 aromatic rings. The monoisotopic (exact) mass is 243 g/mol. The number of aromatic nitrogens is 1. The molecule has 4 nitrogen and oxygen atoms in total. The van der Waals surface area contributed by atoms with E-state index in [2.05, 4.69) is 4.98 Å². The molecule has 4 heteroatoms. The number of pyridine rings is 1. The summed E-state index contributed by atoms with van der Waals surface area (Å²) >= 11 is 0. The van der Waals surface area contributed by atoms with Gasteiger partial charge in [-0.1, -0.05) is 24.3 Å². The second-order valence-electron chi connectivity index (χ2n) is 3.78. The van der Waals surface area contributed by atoms with Gasteiger partial charge in [0, 0.05) is 23.4 Å². The third-order valence-electron chi connectivity index (χ3n) is 2.70. The molecule has 0 spiro atoms. The Bertz CT molecular complexity index is 549. The summed E-state index contributed by atoms with van der Waals surface area (Å²) in [5.74, 6) is 0.465. The smallest absolute Gasteiger partial charge is 0.213 e. The number of ether oxygens (including phenoxy) is 1. The fraction of sp³-hybridized carbons (Fsp3) is 0.143. The van der Waals surface area contributed by atoms with Crippen molar-refractivity contribution in [2.75, 3.05) is 7.11 Å². The van der Waals surface area contributed by atoms with Gasteiger partial charge in [-0.3, -0.25) is 4.79 Å². The molecule has 0 radical (unpaired) electrons. The van der Waals surface area contributed by atoms with Crippen molar-refractivity contribution in [1.82, 2.24) is 4.98 Å². The second kappa shape index (κ2) is 5.42. The zero-order valence-electron chi connectivity index (χ0n) is 9.96. The second-order valence-corrected chi connectivity index (χ2v) is 3.78. The molecule has 18 heavy (non-hydrogen) atoms. The van der Waals surface area contributed by atoms with E-state index in [0.717, 1.165) is 23.0 Å². The Morgan fingerprint density at radius 1 is 1.33 bits per heavy atom. The fourth-order valence-corrected chi connectivity index (χ4v) is 1.72. The van der Waals surface area contributed by atoms with E-state index in [1.165, 1.54) is 7.11 Å². The Hall–Kier alpha value is -2.20. The number of rotatable bonds is 4. The van der Waals surface area contributed by atoms with Crippen molar-refractivity contribution >= 4 is 6.29 Å². The van der Waals surface area contributed by atoms with Crippen LogP contribution >= 0.6 is 0 Å². The van der Waals surface area contributed by atoms with E-state index in [4.69, 9.17) is 4.74 Å². The molecule has 1 N–H and O–H groups in total. The normalized spacial score (nSPS) is 10.1. The molecule has 1 aromatic heterocycles. The van der Waals surface area contributed by atoms with Gasteiger partial charge >= 0.3 is 0 Å². The molecule has 92 valence electrons. The van der Waals surface area contributed by atoms with E-state index in [9.17, 15) is 9.90 Å². The topological polar surface area (TPSA) is 59.4 Å². The summed E-state index contributed by atoms with van der Waals surface area (Å²) in [5, 5.41) is 9.36. The molecular weight excluding hydrogens is 230 g/mol. The van der Waals surface area contributed by atoms with E-state index < -0.39 is 0 Å². The van der Waals surface area contributed by atoms with Crippen LogP contribution in [0.5, 0.6) is 5.88 Å². The maximum absolute atomic E-state index is 10.6. The molecule has 0 amide bonds. The highest BCUT2D eigenvalue weighted by Crippen LogP contribution is 2.25. The minimum Gasteiger partial charge on any atom is -0.481 e. The summed E-state index contributed by atoms with van der Waals surface area (Å²) in [6.07, 6.45) is 2.45. The van der Waals surface area contributed by atoms with Crippen molar-refractivity contribution in [2.45, 2.75) is 6.61 Å². The Morgan fingerprint density at radius 2 is 2.06 bits per heavy atom. The van der Waals surface area contributed by atoms with Gasteiger partial charge in [-0.05, 0) is 11.1 Å². The van der Waals surface area contributed by atoms with Crippen LogP contribution in [0.2, 0.25) is 0 Å². The van der Waals surface area contributed by atoms with Crippen LogP contribution in [-0.4, -0.2) is 23.5 Å². The zero-order valence-corrected chi connectivity index (χ0v) is 9.96. The van der Waals surface area contributed by atoms with Crippen molar-refractivity contribution in [3.8, 4) is 17.0 Å². The van der Waals surface area contributed by atoms with E-state index >= 15 is 0 Å². The molecule has 0 fully saturated rings. The van der Waals surface area contributed by atoms with Crippen LogP contribution in [0.4, 0.5) is 0 Å². The van der Waals surface area contributed by atoms with Crippen LogP contribution in [0.1, 0.15) is 15.9 Å². The number of nitrogens with zero attached hydrogens (tertiary/aromatic N) is 1. The summed E-state index contributed by atoms with van der Waals surface area (Å²) in [4.78, 5) is 14.7. The first-order valence-electron chi connectivity index (χ1n) is 5.48. The van der Waals surface area contributed by atoms with E-state index in [1.54, 1.807) is 24.4 Å². The standard InChI is InChI=1S/C14H13NO3/c1-18-14-6-12(9-17)13(7-15-14)11-4-2-10(8-16)3-5-11/h2-8,17H,9H2,1H3. The average molecular weight is 243 g/mol. The van der Waals surface area contributed by atoms with Crippen LogP contribution < -0.4 is 4.74 Å². The minimum atomic E-state index is -0.0936. The van der Waals surface area contributed by atoms with Crippen molar-refractivity contribution in [3.05, 3.63) is 47.7 Å². The van der Waals surface area contributed by atoms with Crippen molar-refractivity contribution in [3.63, 3.8) is 0 Å². The quantitative estimate of drug-likeness (QED) is 0.835. The van der Waals surface area contributed by atoms with Gasteiger partial charge in [0.2, 0.25) is 5.88 Å². The van der Waals surface area contributed by atoms with E-state index in [-0.39, 0.29) is 6.61 Å². The Labute approximate surface area is 105 Å². The Balaban J connectivity index is 2.45. The fourth-order valence-electron chi connectivity index (χ4n) is 1.72. The van der Waals surface area contributed by atoms with Gasteiger partial charge in [-0.15, -0.1) is 0 Å². The first-order valence-corrected chi connectivity index (χ1v) is 5.48. The number of aliphatic hydroxyl groups is 1. The minimum absolute atomic E-state index is 0.0936. The van der Waals surface area contributed by atoms with Gasteiger partial charge in [-0.25, -0.2) is 4.98 Å². The zero-order chi connectivity index (χ0) is 13.0. The third kappa shape index (κ3) is 2.38. The molecule has 0 aliphatic heterocycles. The number of benzene rings is 1. The van der Waals surface area contributed by atoms with Crippen LogP contribution in [0, 0.1) is 0 Å². The summed E-state index contributed by atoms with van der Waals surface area (Å²) in [7, 11) is 1.53. The van der Waals surface area contributed by atoms with Gasteiger partial charge in [0.15, 0.2) is 0 Å². The SMILES string of the molecule is COc1cc(CO)c(-c2ccc(C=O)cc2)cn1. The van der Waals surface area contributed by atoms with E-state index in [0.29, 0.717) is 11.4 Å². The van der Waals surface area contributed by atoms with Gasteiger partial charge in [0.05, 0.1) is 13.7 Å². The highest BCUT2D eigenvalue weighted by atomic mass is 16.5. The van der Waals surface area contributed by atoms with Crippen LogP contribution in [0.3, 0.4) is 0 Å². The van der Waals surface area contributed by atoms with Gasteiger partial charge in [0.25, 0.3) is 0 Å². The predicted molar refractivity (Wildman–Crippen MR) is 67.5 cm³/mol. The van der Waals surface area contributed by atoms with Crippen molar-refractivity contribution in [2.24, 2.45) is 0 Å². The lowest BCUT2D eigenvalue weighted by atomic mass is 10.0. The lowest BCUT2D eigenvalue weighted by molar-refractivity contribution is 0.112. The lowest BCUT2D eigenvalue weighted by Crippen LogP contribution is -1.95. The average Bonchev–Trinajstić information content (AvgIpc) is 2.46. The van der Waals surface area contributed by atoms with Crippen molar-refractivity contribution < 1.29 is 14.6 Å². The molecule has 0 saturated carbocycles. The molecule has 0 aliphatic rings. The maximum atomic E-state index is 10.6. The maximum Gasteiger partial charge on any atom is 0.213 e. The number of hydrogen-bond donors (Lipinski definition) is 1. The first-order chi connectivity index (χ1) is 8.78. The number of carbonyl (C=O) groups is 1. The Kier molecular flexibility index (Phi) is 3.69. The molecule has 0 atom stereocenters. The van der Waals surface area contributed by atoms with Gasteiger partial charge in [-0.2, -0.15) is 0 Å². The summed E-state index contributed by atoms with van der Waals surface area (Å²) < 4.78 is 5.02. The lowest BCUT2D eigenvalue weighted by Gasteiger charge is -2.09. The molecule has 0 saturated heterocycles. The summed E-state index contributed by atoms with van der Waals surface area (Å²) in [6.45, 7) is -0.0936. The van der Waals surface area contributed by atoms with E-state index in [1.807, 2.05) is 12.1 Å². The highest BCUT2D eigenvalue weighted by molar-refractivity contribution is 5.77. The molecule has 0 unspecified atom stereocenters. The molecule has 0 bridgehead atoms. The largest absolute Gasteiger partial charge is 0.481 e. The summed E-state index contributed by atoms with van der Waals surface area (Å²) in [6, 6.07) is 8.81. The molecule has 2 rings (SSSR count). The molecule has 1 aromatic carbocycles. The van der Waals surface area contributed by atoms with Crippen LogP contribution in [0.15, 0.2) is 36.5 Å². The number of methoxy groups -OCH3 is 1. The highest BCUT2D eigenvalue weighted by Gasteiger charge is 2.07. The number of aliphatic hydroxyl groups excluding tert-OH is 1. The third-order valence-corrected chi connectivity index (χ3v) is 2.70. The van der Waals surface area contributed by atoms with Crippen molar-refractivity contribution in [1.29, 1.82) is 0 Å². The van der Waals surface area contributed by atoms with Gasteiger partial charge in [0.1, 0.15) is 6.29 Å². The van der Waals surface area contributed by atoms with Crippen LogP contribution in [-0.2, 0) is 6.61 Å². The predicted octanol–water partition coefficient (Wildman–Crippen LogP) is 2.06. The molecule has 0 aliphatic carbocycles. The molecular formula is C14H13NO3. The number of aldehydes is 1. The summed E-state index contributed by atoms with van der Waals surface area (Å²) in [5.41, 5.74) is 3.09. The number of carbonyl (C=O) groups excluding carboxylic acids is 1. The first kappa shape index (κ1) is 12.3. The van der Waals surface area contributed by atoms with Crippen LogP contribution in [0.25, 0.3) is 11.1 Å². The molecule has 1 heterocycles. The Morgan fingerprint density at radius 3 is 2.61 bits per heavy atom.